The monoisotopic (exact) mass is 347 g/mol. The van der Waals surface area contributed by atoms with Crippen molar-refractivity contribution in [3.63, 3.8) is 0 Å². The maximum atomic E-state index is 12.9. The van der Waals surface area contributed by atoms with Gasteiger partial charge in [0.1, 0.15) is 5.82 Å². The Morgan fingerprint density at radius 3 is 2.72 bits per heavy atom. The van der Waals surface area contributed by atoms with Crippen molar-refractivity contribution in [3.05, 3.63) is 55.4 Å². The van der Waals surface area contributed by atoms with Crippen molar-refractivity contribution in [3.8, 4) is 0 Å². The van der Waals surface area contributed by atoms with Gasteiger partial charge in [-0.05, 0) is 57.9 Å². The highest BCUT2D eigenvalue weighted by Crippen LogP contribution is 2.25. The highest BCUT2D eigenvalue weighted by molar-refractivity contribution is 9.10. The molecular weight excluding hydrogens is 337 g/mol. The molecule has 0 fully saturated rings. The zero-order valence-corrected chi connectivity index (χ0v) is 12.7. The molecule has 2 aromatic rings. The summed E-state index contributed by atoms with van der Waals surface area (Å²) >= 11 is 11.1. The molecule has 96 valence electrons. The van der Waals surface area contributed by atoms with E-state index in [1.165, 1.54) is 17.0 Å². The third kappa shape index (κ3) is 3.54. The molecule has 0 radical (unpaired) electrons. The average Bonchev–Trinajstić information content (AvgIpc) is 2.69. The summed E-state index contributed by atoms with van der Waals surface area (Å²) in [7, 11) is 0. The summed E-state index contributed by atoms with van der Waals surface area (Å²) in [6.45, 7) is 0. The molecule has 0 aliphatic carbocycles. The minimum atomic E-state index is -0.321. The highest BCUT2D eigenvalue weighted by Gasteiger charge is 2.11. The maximum Gasteiger partial charge on any atom is 0.124 e. The highest BCUT2D eigenvalue weighted by atomic mass is 79.9. The van der Waals surface area contributed by atoms with Gasteiger partial charge >= 0.3 is 0 Å². The van der Waals surface area contributed by atoms with Gasteiger partial charge in [0.2, 0.25) is 0 Å². The summed E-state index contributed by atoms with van der Waals surface area (Å²) in [6, 6.07) is 6.42. The second-order valence-electron chi connectivity index (χ2n) is 4.10. The largest absolute Gasteiger partial charge is 0.327 e. The first-order valence-corrected chi connectivity index (χ1v) is 7.52. The summed E-state index contributed by atoms with van der Waals surface area (Å²) in [5.74, 6) is -0.321. The lowest BCUT2D eigenvalue weighted by molar-refractivity contribution is 0.624. The third-order valence-corrected chi connectivity index (χ3v) is 4.94. The van der Waals surface area contributed by atoms with E-state index in [9.17, 15) is 4.39 Å². The van der Waals surface area contributed by atoms with E-state index in [0.717, 1.165) is 16.5 Å². The van der Waals surface area contributed by atoms with Crippen LogP contribution in [0.3, 0.4) is 0 Å². The first kappa shape index (κ1) is 14.0. The van der Waals surface area contributed by atoms with E-state index in [2.05, 4.69) is 15.9 Å². The molecular formula is C13H12BrClFNS. The molecule has 0 spiro atoms. The van der Waals surface area contributed by atoms with Gasteiger partial charge in [-0.3, -0.25) is 0 Å². The van der Waals surface area contributed by atoms with Gasteiger partial charge in [0.05, 0.1) is 0 Å². The zero-order valence-electron chi connectivity index (χ0n) is 9.50. The van der Waals surface area contributed by atoms with Crippen LogP contribution in [0.4, 0.5) is 4.39 Å². The van der Waals surface area contributed by atoms with Crippen molar-refractivity contribution in [2.75, 3.05) is 0 Å². The van der Waals surface area contributed by atoms with Crippen LogP contribution in [0.2, 0.25) is 5.02 Å². The van der Waals surface area contributed by atoms with Crippen molar-refractivity contribution in [1.82, 2.24) is 0 Å². The first-order valence-electron chi connectivity index (χ1n) is 5.47. The predicted octanol–water partition coefficient (Wildman–Crippen LogP) is 4.42. The third-order valence-electron chi connectivity index (χ3n) is 2.64. The van der Waals surface area contributed by atoms with Crippen molar-refractivity contribution in [2.45, 2.75) is 18.9 Å². The molecule has 2 N–H and O–H groups in total. The number of hydrogen-bond donors (Lipinski definition) is 1. The Morgan fingerprint density at radius 1 is 1.33 bits per heavy atom. The number of hydrogen-bond acceptors (Lipinski definition) is 2. The van der Waals surface area contributed by atoms with Gasteiger partial charge in [-0.1, -0.05) is 17.7 Å². The maximum absolute atomic E-state index is 12.9. The average molecular weight is 349 g/mol. The Hall–Kier alpha value is -0.420. The molecule has 0 saturated heterocycles. The SMILES string of the molecule is NC(Cc1ccc(F)cc1Cl)Cc1sccc1Br. The summed E-state index contributed by atoms with van der Waals surface area (Å²) < 4.78 is 14.0. The molecule has 0 aliphatic rings. The smallest absolute Gasteiger partial charge is 0.124 e. The lowest BCUT2D eigenvalue weighted by Gasteiger charge is -2.12. The predicted molar refractivity (Wildman–Crippen MR) is 78.8 cm³/mol. The molecule has 0 saturated carbocycles. The van der Waals surface area contributed by atoms with Gasteiger partial charge in [-0.2, -0.15) is 0 Å². The molecule has 1 heterocycles. The van der Waals surface area contributed by atoms with Gasteiger partial charge in [0.15, 0.2) is 0 Å². The van der Waals surface area contributed by atoms with Crippen LogP contribution in [0.15, 0.2) is 34.1 Å². The molecule has 1 aromatic heterocycles. The van der Waals surface area contributed by atoms with Gasteiger partial charge < -0.3 is 5.73 Å². The number of benzene rings is 1. The minimum absolute atomic E-state index is 0.0251. The van der Waals surface area contributed by atoms with Crippen LogP contribution >= 0.6 is 38.9 Å². The molecule has 5 heteroatoms. The summed E-state index contributed by atoms with van der Waals surface area (Å²) in [5.41, 5.74) is 6.99. The Balaban J connectivity index is 2.03. The van der Waals surface area contributed by atoms with Crippen LogP contribution in [0, 0.1) is 5.82 Å². The van der Waals surface area contributed by atoms with E-state index in [0.29, 0.717) is 11.4 Å². The number of rotatable bonds is 4. The first-order chi connectivity index (χ1) is 8.56. The quantitative estimate of drug-likeness (QED) is 0.870. The number of nitrogens with two attached hydrogens (primary N) is 1. The summed E-state index contributed by atoms with van der Waals surface area (Å²) in [5, 5.41) is 2.47. The Kier molecular flexibility index (Phi) is 4.78. The van der Waals surface area contributed by atoms with Crippen LogP contribution in [0.5, 0.6) is 0 Å². The van der Waals surface area contributed by atoms with Crippen LogP contribution < -0.4 is 5.73 Å². The van der Waals surface area contributed by atoms with Crippen LogP contribution in [-0.4, -0.2) is 6.04 Å². The van der Waals surface area contributed by atoms with Gasteiger partial charge in [0.25, 0.3) is 0 Å². The van der Waals surface area contributed by atoms with E-state index in [-0.39, 0.29) is 11.9 Å². The Morgan fingerprint density at radius 2 is 2.11 bits per heavy atom. The van der Waals surface area contributed by atoms with E-state index >= 15 is 0 Å². The van der Waals surface area contributed by atoms with Gasteiger partial charge in [0, 0.05) is 20.4 Å². The lowest BCUT2D eigenvalue weighted by Crippen LogP contribution is -2.25. The molecule has 2 rings (SSSR count). The van der Waals surface area contributed by atoms with E-state index in [1.807, 2.05) is 11.4 Å². The molecule has 1 aromatic carbocycles. The van der Waals surface area contributed by atoms with Crippen LogP contribution in [0.25, 0.3) is 0 Å². The Labute approximate surface area is 123 Å². The zero-order chi connectivity index (χ0) is 13.1. The summed E-state index contributed by atoms with van der Waals surface area (Å²) in [4.78, 5) is 1.22. The summed E-state index contributed by atoms with van der Waals surface area (Å²) in [6.07, 6.45) is 1.43. The van der Waals surface area contributed by atoms with Crippen molar-refractivity contribution in [1.29, 1.82) is 0 Å². The standard InChI is InChI=1S/C13H12BrClFNS/c14-11-3-4-18-13(11)7-10(17)5-8-1-2-9(16)6-12(8)15/h1-4,6,10H,5,7,17H2. The molecule has 0 aliphatic heterocycles. The fourth-order valence-electron chi connectivity index (χ4n) is 1.75. The fraction of sp³-hybridized carbons (Fsp3) is 0.231. The van der Waals surface area contributed by atoms with Crippen LogP contribution in [0.1, 0.15) is 10.4 Å². The van der Waals surface area contributed by atoms with Crippen molar-refractivity contribution >= 4 is 38.9 Å². The molecule has 1 unspecified atom stereocenters. The van der Waals surface area contributed by atoms with Crippen molar-refractivity contribution < 1.29 is 4.39 Å². The molecule has 0 amide bonds. The fourth-order valence-corrected chi connectivity index (χ4v) is 3.60. The van der Waals surface area contributed by atoms with Gasteiger partial charge in [-0.15, -0.1) is 11.3 Å². The molecule has 1 atom stereocenters. The van der Waals surface area contributed by atoms with E-state index in [1.54, 1.807) is 17.4 Å². The number of halogens is 3. The number of thiophene rings is 1. The lowest BCUT2D eigenvalue weighted by atomic mass is 10.0. The molecule has 18 heavy (non-hydrogen) atoms. The molecule has 1 nitrogen and oxygen atoms in total. The minimum Gasteiger partial charge on any atom is -0.327 e. The van der Waals surface area contributed by atoms with E-state index in [4.69, 9.17) is 17.3 Å². The van der Waals surface area contributed by atoms with Crippen molar-refractivity contribution in [2.24, 2.45) is 5.73 Å². The normalized spacial score (nSPS) is 12.7. The van der Waals surface area contributed by atoms with Crippen LogP contribution in [-0.2, 0) is 12.8 Å². The van der Waals surface area contributed by atoms with Gasteiger partial charge in [-0.25, -0.2) is 4.39 Å². The van der Waals surface area contributed by atoms with E-state index < -0.39 is 0 Å². The molecule has 0 bridgehead atoms. The topological polar surface area (TPSA) is 26.0 Å². The second-order valence-corrected chi connectivity index (χ2v) is 6.36. The Bertz CT molecular complexity index is 544. The second kappa shape index (κ2) is 6.15.